The number of amides is 1. The Morgan fingerprint density at radius 2 is 2.38 bits per heavy atom. The summed E-state index contributed by atoms with van der Waals surface area (Å²) in [7, 11) is 0. The highest BCUT2D eigenvalue weighted by Crippen LogP contribution is 2.36. The van der Waals surface area contributed by atoms with E-state index < -0.39 is 0 Å². The van der Waals surface area contributed by atoms with Crippen LogP contribution in [0.1, 0.15) is 53.7 Å². The number of hydrogen-bond acceptors (Lipinski definition) is 4. The van der Waals surface area contributed by atoms with E-state index in [1.54, 1.807) is 13.1 Å². The van der Waals surface area contributed by atoms with Crippen molar-refractivity contribution in [2.45, 2.75) is 45.1 Å². The van der Waals surface area contributed by atoms with Gasteiger partial charge in [-0.05, 0) is 32.3 Å². The highest BCUT2D eigenvalue weighted by atomic mass is 16.4. The molecule has 2 aromatic heterocycles. The number of carbonyl (C=O) groups excluding carboxylic acids is 1. The lowest BCUT2D eigenvalue weighted by atomic mass is 9.85. The minimum absolute atomic E-state index is 0.151. The van der Waals surface area contributed by atoms with E-state index in [-0.39, 0.29) is 5.91 Å². The van der Waals surface area contributed by atoms with Crippen LogP contribution in [0.5, 0.6) is 0 Å². The molecule has 1 saturated carbocycles. The van der Waals surface area contributed by atoms with Gasteiger partial charge in [-0.25, -0.2) is 4.98 Å². The predicted molar refractivity (Wildman–Crippen MR) is 77.0 cm³/mol. The highest BCUT2D eigenvalue weighted by Gasteiger charge is 2.27. The lowest BCUT2D eigenvalue weighted by Crippen LogP contribution is -2.26. The summed E-state index contributed by atoms with van der Waals surface area (Å²) in [5.74, 6) is 1.59. The van der Waals surface area contributed by atoms with E-state index in [0.717, 1.165) is 31.7 Å². The molecule has 21 heavy (non-hydrogen) atoms. The van der Waals surface area contributed by atoms with Gasteiger partial charge < -0.3 is 9.73 Å². The van der Waals surface area contributed by atoms with Crippen LogP contribution >= 0.6 is 0 Å². The Morgan fingerprint density at radius 3 is 3.05 bits per heavy atom. The molecule has 0 radical (unpaired) electrons. The van der Waals surface area contributed by atoms with Gasteiger partial charge in [-0.15, -0.1) is 0 Å². The molecule has 1 aliphatic carbocycles. The molecular formula is C15H20N4O2. The monoisotopic (exact) mass is 288 g/mol. The van der Waals surface area contributed by atoms with Crippen LogP contribution in [0, 0.1) is 6.92 Å². The number of aryl methyl sites for hydroxylation is 2. The van der Waals surface area contributed by atoms with E-state index in [1.807, 2.05) is 16.9 Å². The molecule has 1 amide bonds. The van der Waals surface area contributed by atoms with Crippen LogP contribution < -0.4 is 5.32 Å². The first kappa shape index (κ1) is 13.9. The number of carbonyl (C=O) groups is 1. The Bertz CT molecular complexity index is 599. The molecule has 0 spiro atoms. The molecule has 0 unspecified atom stereocenters. The van der Waals surface area contributed by atoms with Gasteiger partial charge in [-0.2, -0.15) is 5.10 Å². The molecule has 3 rings (SSSR count). The molecule has 2 heterocycles. The summed E-state index contributed by atoms with van der Waals surface area (Å²) in [4.78, 5) is 16.5. The minimum Gasteiger partial charge on any atom is -0.445 e. The fourth-order valence-electron chi connectivity index (χ4n) is 2.42. The van der Waals surface area contributed by atoms with E-state index in [9.17, 15) is 4.79 Å². The van der Waals surface area contributed by atoms with Crippen molar-refractivity contribution in [2.24, 2.45) is 0 Å². The van der Waals surface area contributed by atoms with Gasteiger partial charge in [-0.1, -0.05) is 6.42 Å². The number of rotatable bonds is 6. The first-order chi connectivity index (χ1) is 10.2. The number of oxazole rings is 1. The lowest BCUT2D eigenvalue weighted by Gasteiger charge is -2.21. The predicted octanol–water partition coefficient (Wildman–Crippen LogP) is 2.27. The van der Waals surface area contributed by atoms with Gasteiger partial charge in [0.25, 0.3) is 5.91 Å². The Balaban J connectivity index is 1.49. The number of nitrogens with one attached hydrogen (secondary N) is 1. The number of aromatic nitrogens is 3. The number of nitrogens with zero attached hydrogens (tertiary/aromatic N) is 3. The van der Waals surface area contributed by atoms with Crippen molar-refractivity contribution in [1.29, 1.82) is 0 Å². The van der Waals surface area contributed by atoms with Gasteiger partial charge >= 0.3 is 0 Å². The van der Waals surface area contributed by atoms with E-state index in [2.05, 4.69) is 15.4 Å². The molecule has 112 valence electrons. The summed E-state index contributed by atoms with van der Waals surface area (Å²) >= 11 is 0. The van der Waals surface area contributed by atoms with Gasteiger partial charge in [0.1, 0.15) is 5.76 Å². The summed E-state index contributed by atoms with van der Waals surface area (Å²) in [5.41, 5.74) is 0.427. The second-order valence-electron chi connectivity index (χ2n) is 5.46. The molecule has 6 heteroatoms. The zero-order valence-electron chi connectivity index (χ0n) is 12.2. The summed E-state index contributed by atoms with van der Waals surface area (Å²) in [5, 5.41) is 7.01. The van der Waals surface area contributed by atoms with E-state index >= 15 is 0 Å². The third-order valence-electron chi connectivity index (χ3n) is 3.89. The topological polar surface area (TPSA) is 73.0 Å². The first-order valence-electron chi connectivity index (χ1n) is 7.47. The van der Waals surface area contributed by atoms with Crippen molar-refractivity contribution in [2.75, 3.05) is 6.54 Å². The summed E-state index contributed by atoms with van der Waals surface area (Å²) < 4.78 is 7.47. The van der Waals surface area contributed by atoms with E-state index in [4.69, 9.17) is 4.42 Å². The molecule has 1 aliphatic rings. The molecule has 6 nitrogen and oxygen atoms in total. The summed E-state index contributed by atoms with van der Waals surface area (Å²) in [6.45, 7) is 3.19. The molecule has 1 N–H and O–H groups in total. The zero-order valence-corrected chi connectivity index (χ0v) is 12.2. The summed E-state index contributed by atoms with van der Waals surface area (Å²) in [6.07, 6.45) is 7.95. The van der Waals surface area contributed by atoms with E-state index in [1.165, 1.54) is 6.42 Å². The lowest BCUT2D eigenvalue weighted by molar-refractivity contribution is 0.0946. The number of hydrogen-bond donors (Lipinski definition) is 1. The van der Waals surface area contributed by atoms with Gasteiger partial charge in [0.15, 0.2) is 11.6 Å². The largest absolute Gasteiger partial charge is 0.445 e. The van der Waals surface area contributed by atoms with Crippen molar-refractivity contribution < 1.29 is 9.21 Å². The van der Waals surface area contributed by atoms with Crippen molar-refractivity contribution >= 4 is 5.91 Å². The van der Waals surface area contributed by atoms with Crippen LogP contribution in [0.4, 0.5) is 0 Å². The van der Waals surface area contributed by atoms with Crippen LogP contribution in [0.15, 0.2) is 22.9 Å². The average molecular weight is 288 g/mol. The molecule has 0 bridgehead atoms. The van der Waals surface area contributed by atoms with Crippen LogP contribution in [0.2, 0.25) is 0 Å². The molecule has 0 aromatic carbocycles. The Kier molecular flexibility index (Phi) is 4.03. The Labute approximate surface area is 123 Å². The maximum atomic E-state index is 12.1. The maximum Gasteiger partial charge on any atom is 0.273 e. The van der Waals surface area contributed by atoms with E-state index in [0.29, 0.717) is 23.9 Å². The van der Waals surface area contributed by atoms with Crippen LogP contribution in [-0.4, -0.2) is 27.2 Å². The normalized spacial score (nSPS) is 14.9. The first-order valence-corrected chi connectivity index (χ1v) is 7.47. The third-order valence-corrected chi connectivity index (χ3v) is 3.89. The maximum absolute atomic E-state index is 12.1. The van der Waals surface area contributed by atoms with Crippen LogP contribution in [0.25, 0.3) is 0 Å². The SMILES string of the molecule is Cc1oc(C2CCC2)nc1C(=O)NCCCn1cccn1. The van der Waals surface area contributed by atoms with Gasteiger partial charge in [-0.3, -0.25) is 9.48 Å². The van der Waals surface area contributed by atoms with Gasteiger partial charge in [0, 0.05) is 31.4 Å². The van der Waals surface area contributed by atoms with Crippen LogP contribution in [0.3, 0.4) is 0 Å². The second kappa shape index (κ2) is 6.11. The van der Waals surface area contributed by atoms with Gasteiger partial charge in [0.05, 0.1) is 0 Å². The van der Waals surface area contributed by atoms with Crippen molar-refractivity contribution in [3.8, 4) is 0 Å². The average Bonchev–Trinajstić information content (AvgIpc) is 3.02. The molecule has 0 saturated heterocycles. The smallest absolute Gasteiger partial charge is 0.273 e. The zero-order chi connectivity index (χ0) is 14.7. The third kappa shape index (κ3) is 3.15. The molecular weight excluding hydrogens is 268 g/mol. The van der Waals surface area contributed by atoms with Gasteiger partial charge in [0.2, 0.25) is 0 Å². The van der Waals surface area contributed by atoms with Crippen molar-refractivity contribution in [3.63, 3.8) is 0 Å². The van der Waals surface area contributed by atoms with Crippen molar-refractivity contribution in [3.05, 3.63) is 35.8 Å². The van der Waals surface area contributed by atoms with Crippen LogP contribution in [-0.2, 0) is 6.54 Å². The minimum atomic E-state index is -0.151. The van der Waals surface area contributed by atoms with Crippen molar-refractivity contribution in [1.82, 2.24) is 20.1 Å². The molecule has 1 fully saturated rings. The Morgan fingerprint density at radius 1 is 1.52 bits per heavy atom. The highest BCUT2D eigenvalue weighted by molar-refractivity contribution is 5.93. The second-order valence-corrected chi connectivity index (χ2v) is 5.46. The molecule has 0 atom stereocenters. The molecule has 0 aliphatic heterocycles. The quantitative estimate of drug-likeness (QED) is 0.828. The fourth-order valence-corrected chi connectivity index (χ4v) is 2.42. The summed E-state index contributed by atoms with van der Waals surface area (Å²) in [6, 6.07) is 1.89. The standard InChI is InChI=1S/C15H20N4O2/c1-11-13(18-15(21-11)12-5-2-6-12)14(20)16-7-3-9-19-10-4-8-17-19/h4,8,10,12H,2-3,5-7,9H2,1H3,(H,16,20). The molecule has 2 aromatic rings. The fraction of sp³-hybridized carbons (Fsp3) is 0.533. The Hall–Kier alpha value is -2.11.